The Hall–Kier alpha value is -1.56. The summed E-state index contributed by atoms with van der Waals surface area (Å²) in [6.45, 7) is 0.175. The summed E-state index contributed by atoms with van der Waals surface area (Å²) >= 11 is 11.7. The molecule has 3 rings (SSSR count). The van der Waals surface area contributed by atoms with Gasteiger partial charge in [0, 0.05) is 6.54 Å². The molecular formula is C15H13Cl2FN2O2. The van der Waals surface area contributed by atoms with Gasteiger partial charge >= 0.3 is 0 Å². The number of carbonyl (C=O) groups is 1. The smallest absolute Gasteiger partial charge is 0.270 e. The van der Waals surface area contributed by atoms with E-state index in [4.69, 9.17) is 23.2 Å². The number of benzene rings is 1. The van der Waals surface area contributed by atoms with Gasteiger partial charge < -0.3 is 15.0 Å². The van der Waals surface area contributed by atoms with Gasteiger partial charge in [0.2, 0.25) is 0 Å². The highest BCUT2D eigenvalue weighted by Gasteiger charge is 2.36. The number of halogens is 3. The largest absolute Gasteiger partial charge is 0.391 e. The monoisotopic (exact) mass is 342 g/mol. The number of hydrogen-bond acceptors (Lipinski definition) is 2. The predicted molar refractivity (Wildman–Crippen MR) is 81.6 cm³/mol. The SMILES string of the molecule is O=C(c1cc(Cl)c(Cl)[nH]1)N1C[C@@H](O)C[C@H]1c1cccc(F)c1. The predicted octanol–water partition coefficient (Wildman–Crippen LogP) is 3.41. The first-order valence-corrected chi connectivity index (χ1v) is 7.50. The van der Waals surface area contributed by atoms with Crippen LogP contribution in [-0.4, -0.2) is 33.5 Å². The van der Waals surface area contributed by atoms with Crippen molar-refractivity contribution in [1.29, 1.82) is 0 Å². The van der Waals surface area contributed by atoms with Crippen molar-refractivity contribution in [3.05, 3.63) is 57.6 Å². The Balaban J connectivity index is 1.92. The molecule has 1 aliphatic rings. The first kappa shape index (κ1) is 15.3. The summed E-state index contributed by atoms with van der Waals surface area (Å²) in [7, 11) is 0. The molecule has 1 fully saturated rings. The summed E-state index contributed by atoms with van der Waals surface area (Å²) < 4.78 is 13.4. The molecule has 0 radical (unpaired) electrons. The zero-order valence-electron chi connectivity index (χ0n) is 11.4. The number of H-pyrrole nitrogens is 1. The topological polar surface area (TPSA) is 56.3 Å². The fourth-order valence-corrected chi connectivity index (χ4v) is 3.05. The molecule has 1 aromatic carbocycles. The van der Waals surface area contributed by atoms with Crippen molar-refractivity contribution >= 4 is 29.1 Å². The van der Waals surface area contributed by atoms with Crippen LogP contribution in [0.3, 0.4) is 0 Å². The minimum Gasteiger partial charge on any atom is -0.391 e. The lowest BCUT2D eigenvalue weighted by Crippen LogP contribution is -2.32. The number of carbonyl (C=O) groups excluding carboxylic acids is 1. The van der Waals surface area contributed by atoms with Crippen molar-refractivity contribution in [3.63, 3.8) is 0 Å². The number of aliphatic hydroxyl groups excluding tert-OH is 1. The van der Waals surface area contributed by atoms with Crippen LogP contribution >= 0.6 is 23.2 Å². The number of aromatic nitrogens is 1. The Morgan fingerprint density at radius 2 is 2.14 bits per heavy atom. The summed E-state index contributed by atoms with van der Waals surface area (Å²) in [6.07, 6.45) is -0.296. The second-order valence-electron chi connectivity index (χ2n) is 5.26. The maximum atomic E-state index is 13.4. The maximum Gasteiger partial charge on any atom is 0.270 e. The Labute approximate surface area is 136 Å². The van der Waals surface area contributed by atoms with Crippen molar-refractivity contribution < 1.29 is 14.3 Å². The number of β-amino-alcohol motifs (C(OH)–C–C–N with tert-alkyl or cyclic N) is 1. The van der Waals surface area contributed by atoms with Gasteiger partial charge in [0.05, 0.1) is 17.2 Å². The van der Waals surface area contributed by atoms with Gasteiger partial charge in [-0.25, -0.2) is 4.39 Å². The van der Waals surface area contributed by atoms with E-state index in [1.807, 2.05) is 0 Å². The highest BCUT2D eigenvalue weighted by molar-refractivity contribution is 6.41. The third kappa shape index (κ3) is 2.84. The van der Waals surface area contributed by atoms with Gasteiger partial charge in [-0.15, -0.1) is 0 Å². The molecule has 2 N–H and O–H groups in total. The van der Waals surface area contributed by atoms with Crippen molar-refractivity contribution in [1.82, 2.24) is 9.88 Å². The Morgan fingerprint density at radius 3 is 2.77 bits per heavy atom. The van der Waals surface area contributed by atoms with Crippen LogP contribution in [0.2, 0.25) is 10.2 Å². The van der Waals surface area contributed by atoms with Gasteiger partial charge in [0.1, 0.15) is 16.7 Å². The molecule has 0 bridgehead atoms. The third-order valence-corrected chi connectivity index (χ3v) is 4.42. The van der Waals surface area contributed by atoms with E-state index in [0.29, 0.717) is 12.0 Å². The molecule has 116 valence electrons. The lowest BCUT2D eigenvalue weighted by Gasteiger charge is -2.24. The van der Waals surface area contributed by atoms with Crippen LogP contribution in [0.1, 0.15) is 28.5 Å². The zero-order valence-corrected chi connectivity index (χ0v) is 12.9. The minimum atomic E-state index is -0.655. The number of rotatable bonds is 2. The molecule has 2 atom stereocenters. The number of hydrogen-bond donors (Lipinski definition) is 2. The van der Waals surface area contributed by atoms with Crippen molar-refractivity contribution in [2.45, 2.75) is 18.6 Å². The highest BCUT2D eigenvalue weighted by Crippen LogP contribution is 2.34. The molecule has 22 heavy (non-hydrogen) atoms. The summed E-state index contributed by atoms with van der Waals surface area (Å²) in [4.78, 5) is 16.8. The first-order valence-electron chi connectivity index (χ1n) is 6.74. The Morgan fingerprint density at radius 1 is 1.36 bits per heavy atom. The Kier molecular flexibility index (Phi) is 4.12. The van der Waals surface area contributed by atoms with Crippen LogP contribution in [0.5, 0.6) is 0 Å². The summed E-state index contributed by atoms with van der Waals surface area (Å²) in [6, 6.07) is 7.09. The minimum absolute atomic E-state index is 0.175. The summed E-state index contributed by atoms with van der Waals surface area (Å²) in [5, 5.41) is 10.3. The van der Waals surface area contributed by atoms with Gasteiger partial charge in [-0.05, 0) is 30.2 Å². The van der Waals surface area contributed by atoms with Gasteiger partial charge in [0.25, 0.3) is 5.91 Å². The second-order valence-corrected chi connectivity index (χ2v) is 6.05. The lowest BCUT2D eigenvalue weighted by atomic mass is 10.0. The number of aliphatic hydroxyl groups is 1. The molecule has 1 aromatic heterocycles. The molecule has 7 heteroatoms. The molecule has 1 aliphatic heterocycles. The number of nitrogens with zero attached hydrogens (tertiary/aromatic N) is 1. The quantitative estimate of drug-likeness (QED) is 0.878. The van der Waals surface area contributed by atoms with E-state index in [1.165, 1.54) is 23.1 Å². The number of amides is 1. The molecule has 2 aromatic rings. The van der Waals surface area contributed by atoms with Crippen LogP contribution in [0.15, 0.2) is 30.3 Å². The molecule has 0 aliphatic carbocycles. The second kappa shape index (κ2) is 5.91. The van der Waals surface area contributed by atoms with Crippen LogP contribution in [0, 0.1) is 5.82 Å². The Bertz CT molecular complexity index is 700. The van der Waals surface area contributed by atoms with Crippen LogP contribution in [-0.2, 0) is 0 Å². The van der Waals surface area contributed by atoms with Crippen molar-refractivity contribution in [2.75, 3.05) is 6.54 Å². The molecular weight excluding hydrogens is 330 g/mol. The zero-order chi connectivity index (χ0) is 15.9. The van der Waals surface area contributed by atoms with Gasteiger partial charge in [-0.3, -0.25) is 4.79 Å². The highest BCUT2D eigenvalue weighted by atomic mass is 35.5. The number of aromatic amines is 1. The van der Waals surface area contributed by atoms with E-state index >= 15 is 0 Å². The van der Waals surface area contributed by atoms with E-state index in [9.17, 15) is 14.3 Å². The molecule has 4 nitrogen and oxygen atoms in total. The van der Waals surface area contributed by atoms with E-state index < -0.39 is 6.10 Å². The summed E-state index contributed by atoms with van der Waals surface area (Å²) in [5.41, 5.74) is 0.888. The number of nitrogens with one attached hydrogen (secondary N) is 1. The molecule has 2 heterocycles. The fraction of sp³-hybridized carbons (Fsp3) is 0.267. The fourth-order valence-electron chi connectivity index (χ4n) is 2.74. The summed E-state index contributed by atoms with van der Waals surface area (Å²) in [5.74, 6) is -0.711. The van der Waals surface area contributed by atoms with Gasteiger partial charge in [-0.2, -0.15) is 0 Å². The average Bonchev–Trinajstić information content (AvgIpc) is 3.02. The third-order valence-electron chi connectivity index (χ3n) is 3.73. The van der Waals surface area contributed by atoms with Crippen LogP contribution in [0.25, 0.3) is 0 Å². The molecule has 0 spiro atoms. The van der Waals surface area contributed by atoms with Crippen molar-refractivity contribution in [3.8, 4) is 0 Å². The van der Waals surface area contributed by atoms with E-state index in [1.54, 1.807) is 12.1 Å². The standard InChI is InChI=1S/C15H13Cl2FN2O2/c16-11-6-12(19-14(11)17)15(22)20-7-10(21)5-13(20)8-2-1-3-9(18)4-8/h1-4,6,10,13,19,21H,5,7H2/t10-,13-/m0/s1. The molecule has 1 saturated heterocycles. The molecule has 1 amide bonds. The number of likely N-dealkylation sites (tertiary alicyclic amines) is 1. The van der Waals surface area contributed by atoms with Gasteiger partial charge in [-0.1, -0.05) is 35.3 Å². The van der Waals surface area contributed by atoms with E-state index in [0.717, 1.165) is 0 Å². The van der Waals surface area contributed by atoms with Gasteiger partial charge in [0.15, 0.2) is 0 Å². The average molecular weight is 343 g/mol. The van der Waals surface area contributed by atoms with E-state index in [2.05, 4.69) is 4.98 Å². The van der Waals surface area contributed by atoms with E-state index in [-0.39, 0.29) is 40.2 Å². The first-order chi connectivity index (χ1) is 10.5. The molecule has 0 unspecified atom stereocenters. The van der Waals surface area contributed by atoms with Crippen molar-refractivity contribution in [2.24, 2.45) is 0 Å². The lowest BCUT2D eigenvalue weighted by molar-refractivity contribution is 0.0710. The molecule has 0 saturated carbocycles. The maximum absolute atomic E-state index is 13.4. The normalized spacial score (nSPS) is 21.4. The van der Waals surface area contributed by atoms with Crippen LogP contribution in [0.4, 0.5) is 4.39 Å². The van der Waals surface area contributed by atoms with Crippen LogP contribution < -0.4 is 0 Å².